The first-order valence-electron chi connectivity index (χ1n) is 24.1. The molecule has 0 bridgehead atoms. The topological polar surface area (TPSA) is 43.9 Å². The summed E-state index contributed by atoms with van der Waals surface area (Å²) >= 11 is 0. The van der Waals surface area contributed by atoms with E-state index in [4.69, 9.17) is 9.40 Å². The Labute approximate surface area is 423 Å². The van der Waals surface area contributed by atoms with E-state index in [9.17, 15) is 0 Å². The van der Waals surface area contributed by atoms with E-state index in [2.05, 4.69) is 235 Å². The molecule has 3 heterocycles. The smallest absolute Gasteiger partial charge is 0.0798 e. The van der Waals surface area contributed by atoms with Crippen LogP contribution in [0.2, 0.25) is 19.6 Å². The van der Waals surface area contributed by atoms with Crippen molar-refractivity contribution in [2.75, 3.05) is 0 Å². The first kappa shape index (κ1) is 49.0. The number of pyridine rings is 1. The zero-order valence-electron chi connectivity index (χ0n) is 41.3. The number of nitrogens with zero attached hydrogens (tertiary/aromatic N) is 3. The average Bonchev–Trinajstić information content (AvgIpc) is 3.95. The third kappa shape index (κ3) is 10.6. The van der Waals surface area contributed by atoms with Crippen molar-refractivity contribution in [1.82, 2.24) is 14.5 Å². The molecular weight excluding hydrogens is 1040 g/mol. The molecule has 1 radical (unpaired) electrons. The van der Waals surface area contributed by atoms with Crippen molar-refractivity contribution in [3.05, 3.63) is 205 Å². The molecule has 0 N–H and O–H groups in total. The summed E-state index contributed by atoms with van der Waals surface area (Å²) in [5.74, 6) is 2.07. The molecule has 0 aliphatic carbocycles. The molecule has 69 heavy (non-hydrogen) atoms. The quantitative estimate of drug-likeness (QED) is 0.0958. The molecule has 0 unspecified atom stereocenters. The van der Waals surface area contributed by atoms with Crippen molar-refractivity contribution in [1.29, 1.82) is 0 Å². The van der Waals surface area contributed by atoms with Crippen LogP contribution in [0.3, 0.4) is 0 Å². The van der Waals surface area contributed by atoms with E-state index in [1.807, 2.05) is 24.3 Å². The van der Waals surface area contributed by atoms with E-state index < -0.39 is 8.07 Å². The van der Waals surface area contributed by atoms with Gasteiger partial charge in [-0.15, -0.1) is 35.9 Å². The van der Waals surface area contributed by atoms with Gasteiger partial charge in [0, 0.05) is 43.8 Å². The maximum Gasteiger partial charge on any atom is 0.0798 e. The molecule has 0 atom stereocenters. The Hall–Kier alpha value is -6.43. The van der Waals surface area contributed by atoms with Gasteiger partial charge in [-0.1, -0.05) is 199 Å². The Bertz CT molecular complexity index is 3280. The summed E-state index contributed by atoms with van der Waals surface area (Å²) in [5, 5.41) is 2.49. The van der Waals surface area contributed by atoms with Gasteiger partial charge in [-0.2, -0.15) is 0 Å². The molecule has 349 valence electrons. The molecule has 0 fully saturated rings. The Morgan fingerprint density at radius 2 is 1.16 bits per heavy atom. The molecule has 10 rings (SSSR count). The summed E-state index contributed by atoms with van der Waals surface area (Å²) in [5.41, 5.74) is 18.2. The molecule has 0 aliphatic rings. The van der Waals surface area contributed by atoms with Gasteiger partial charge in [0.15, 0.2) is 0 Å². The van der Waals surface area contributed by atoms with E-state index in [1.165, 1.54) is 49.8 Å². The van der Waals surface area contributed by atoms with Gasteiger partial charge in [0.2, 0.25) is 0 Å². The van der Waals surface area contributed by atoms with Gasteiger partial charge in [0.1, 0.15) is 0 Å². The number of aromatic nitrogens is 3. The SMILES string of the molecule is CC(C)Cc1cc(-c2[c-]cccc2)ncc1[Si](C)(C)C.CC(C)c1cc(-c2ccccc2)cc(C(C)C)c1-n1c(-c2[c-]oc3ccc(-c4ccc(-c5ccccc5)cc4)cc23)nc2ccccc21.[Ir]. The second-order valence-electron chi connectivity index (χ2n) is 20.0. The van der Waals surface area contributed by atoms with Gasteiger partial charge in [-0.25, -0.2) is 0 Å². The Kier molecular flexibility index (Phi) is 15.0. The third-order valence-electron chi connectivity index (χ3n) is 12.8. The number of imidazole rings is 1. The fourth-order valence-corrected chi connectivity index (χ4v) is 10.9. The third-order valence-corrected chi connectivity index (χ3v) is 14.8. The van der Waals surface area contributed by atoms with Gasteiger partial charge in [-0.3, -0.25) is 4.98 Å². The van der Waals surface area contributed by atoms with Crippen molar-refractivity contribution in [2.45, 2.75) is 79.4 Å². The molecule has 10 aromatic rings. The van der Waals surface area contributed by atoms with E-state index >= 15 is 0 Å². The van der Waals surface area contributed by atoms with E-state index in [1.54, 1.807) is 0 Å². The minimum Gasteiger partial charge on any atom is -0.557 e. The number of furan rings is 1. The number of hydrogen-bond donors (Lipinski definition) is 0. The van der Waals surface area contributed by atoms with Gasteiger partial charge >= 0.3 is 0 Å². The molecule has 0 amide bonds. The van der Waals surface area contributed by atoms with Crippen LogP contribution >= 0.6 is 0 Å². The Morgan fingerprint density at radius 3 is 1.75 bits per heavy atom. The molecule has 4 nitrogen and oxygen atoms in total. The van der Waals surface area contributed by atoms with E-state index in [0.717, 1.165) is 62.2 Å². The summed E-state index contributed by atoms with van der Waals surface area (Å²) in [6.07, 6.45) is 6.52. The maximum atomic E-state index is 6.11. The molecule has 0 spiro atoms. The number of fused-ring (bicyclic) bond motifs is 2. The number of rotatable bonds is 11. The summed E-state index contributed by atoms with van der Waals surface area (Å²) in [7, 11) is -1.34. The summed E-state index contributed by atoms with van der Waals surface area (Å²) in [6.45, 7) is 20.9. The predicted molar refractivity (Wildman–Crippen MR) is 290 cm³/mol. The van der Waals surface area contributed by atoms with Crippen molar-refractivity contribution in [3.63, 3.8) is 0 Å². The van der Waals surface area contributed by atoms with Crippen molar-refractivity contribution in [3.8, 4) is 61.7 Å². The van der Waals surface area contributed by atoms with Crippen molar-refractivity contribution < 1.29 is 24.5 Å². The van der Waals surface area contributed by atoms with E-state index in [0.29, 0.717) is 5.92 Å². The maximum absolute atomic E-state index is 6.11. The van der Waals surface area contributed by atoms with Crippen LogP contribution < -0.4 is 5.19 Å². The zero-order valence-corrected chi connectivity index (χ0v) is 44.7. The van der Waals surface area contributed by atoms with Crippen LogP contribution in [0, 0.1) is 18.2 Å². The molecule has 7 aromatic carbocycles. The zero-order chi connectivity index (χ0) is 47.5. The fourth-order valence-electron chi connectivity index (χ4n) is 9.32. The van der Waals surface area contributed by atoms with Crippen molar-refractivity contribution >= 4 is 35.3 Å². The monoisotopic (exact) mass is 1100 g/mol. The molecule has 3 aromatic heterocycles. The van der Waals surface area contributed by atoms with Crippen LogP contribution in [0.1, 0.15) is 70.1 Å². The van der Waals surface area contributed by atoms with Crippen LogP contribution in [0.15, 0.2) is 180 Å². The normalized spacial score (nSPS) is 11.6. The summed E-state index contributed by atoms with van der Waals surface area (Å²) in [6, 6.07) is 63.1. The standard InChI is InChI=1S/C45H37N2O.C18H24NSi.Ir/c1-29(2)37-26-36(32-15-9-6-10-16-32)27-38(30(3)4)44(37)47-42-18-12-11-17-41(42)46-45(47)40-28-48-43-24-23-35(25-39(40)43)34-21-19-33(20-22-34)31-13-7-5-8-14-31;1-14(2)11-16-12-17(15-9-7-6-8-10-15)19-13-18(16)20(3,4)5;/h5-27,29-30H,1-4H3;6-9,12-14H,11H2,1-5H3;/q2*-1;. The van der Waals surface area contributed by atoms with Crippen LogP contribution in [0.5, 0.6) is 0 Å². The molecule has 0 saturated carbocycles. The summed E-state index contributed by atoms with van der Waals surface area (Å²) < 4.78 is 8.47. The second kappa shape index (κ2) is 21.1. The second-order valence-corrected chi connectivity index (χ2v) is 25.1. The van der Waals surface area contributed by atoms with Crippen LogP contribution in [0.4, 0.5) is 0 Å². The molecule has 6 heteroatoms. The Morgan fingerprint density at radius 1 is 0.594 bits per heavy atom. The fraction of sp³-hybridized carbons (Fsp3) is 0.206. The van der Waals surface area contributed by atoms with Crippen LogP contribution in [-0.4, -0.2) is 22.6 Å². The molecule has 0 saturated heterocycles. The van der Waals surface area contributed by atoms with Crippen LogP contribution in [0.25, 0.3) is 83.7 Å². The van der Waals surface area contributed by atoms with Gasteiger partial charge in [0.05, 0.1) is 24.9 Å². The minimum atomic E-state index is -1.34. The average molecular weight is 1100 g/mol. The molecule has 0 aliphatic heterocycles. The van der Waals surface area contributed by atoms with E-state index in [-0.39, 0.29) is 31.9 Å². The summed E-state index contributed by atoms with van der Waals surface area (Å²) in [4.78, 5) is 9.97. The van der Waals surface area contributed by atoms with Gasteiger partial charge < -0.3 is 14.0 Å². The number of para-hydroxylation sites is 2. The minimum absolute atomic E-state index is 0. The van der Waals surface area contributed by atoms with Crippen LogP contribution in [-0.2, 0) is 26.5 Å². The largest absolute Gasteiger partial charge is 0.557 e. The molecular formula is C63H61IrN3OSi-2. The Balaban J connectivity index is 0.000000257. The number of hydrogen-bond acceptors (Lipinski definition) is 3. The first-order valence-corrected chi connectivity index (χ1v) is 27.6. The van der Waals surface area contributed by atoms with Gasteiger partial charge in [-0.05, 0) is 104 Å². The predicted octanol–water partition coefficient (Wildman–Crippen LogP) is 16.8. The number of benzene rings is 7. The van der Waals surface area contributed by atoms with Gasteiger partial charge in [0.25, 0.3) is 0 Å². The first-order chi connectivity index (χ1) is 32.8. The van der Waals surface area contributed by atoms with Crippen molar-refractivity contribution in [2.24, 2.45) is 5.92 Å².